The lowest BCUT2D eigenvalue weighted by atomic mass is 9.94. The van der Waals surface area contributed by atoms with Crippen LogP contribution in [0.25, 0.3) is 0 Å². The Morgan fingerprint density at radius 1 is 1.00 bits per heavy atom. The molecule has 164 valence electrons. The normalized spacial score (nSPS) is 14.6. The fourth-order valence-corrected chi connectivity index (χ4v) is 4.30. The van der Waals surface area contributed by atoms with Crippen LogP contribution < -0.4 is 9.61 Å². The molecule has 1 rings (SSSR count). The minimum absolute atomic E-state index is 0.0293. The molecule has 29 heavy (non-hydrogen) atoms. The van der Waals surface area contributed by atoms with Crippen LogP contribution in [0.5, 0.6) is 5.75 Å². The zero-order valence-corrected chi connectivity index (χ0v) is 19.5. The Balaban J connectivity index is 3.39. The molecule has 8 heteroatoms. The van der Waals surface area contributed by atoms with Gasteiger partial charge in [-0.2, -0.15) is 0 Å². The lowest BCUT2D eigenvalue weighted by Crippen LogP contribution is -2.37. The van der Waals surface area contributed by atoms with Gasteiger partial charge < -0.3 is 14.0 Å². The number of esters is 1. The van der Waals surface area contributed by atoms with Crippen LogP contribution in [-0.2, 0) is 18.8 Å². The molecule has 0 fully saturated rings. The Hall–Kier alpha value is -1.85. The van der Waals surface area contributed by atoms with E-state index in [1.807, 2.05) is 45.9 Å². The molecule has 1 aromatic carbocycles. The summed E-state index contributed by atoms with van der Waals surface area (Å²) in [4.78, 5) is 24.8. The number of hydrogen-bond acceptors (Lipinski definition) is 6. The molecule has 0 amide bonds. The first-order valence-corrected chi connectivity index (χ1v) is 11.6. The lowest BCUT2D eigenvalue weighted by molar-refractivity contribution is -0.149. The molecule has 1 N–H and O–H groups in total. The van der Waals surface area contributed by atoms with Gasteiger partial charge in [-0.3, -0.25) is 4.79 Å². The zero-order chi connectivity index (χ0) is 22.4. The van der Waals surface area contributed by atoms with Crippen molar-refractivity contribution in [2.75, 3.05) is 6.61 Å². The Labute approximate surface area is 174 Å². The van der Waals surface area contributed by atoms with Gasteiger partial charge in [-0.15, -0.1) is 0 Å². The SMILES string of the molecule is CCOC(=O)[P@](=O)(N[C@@H](C)C(=O)OC(C)C)Oc1c(C(C)C)cccc1C(C)C. The molecular weight excluding hydrogens is 393 g/mol. The van der Waals surface area contributed by atoms with Gasteiger partial charge in [-0.05, 0) is 50.7 Å². The highest BCUT2D eigenvalue weighted by Crippen LogP contribution is 2.49. The standard InChI is InChI=1S/C21H34NO6P/c1-9-26-21(24)29(25,22-16(8)20(23)27-15(6)7)28-19-17(13(2)3)11-10-12-18(19)14(4)5/h10-16H,9H2,1-8H3,(H,22,25)/t16-,29+/m0/s1. The summed E-state index contributed by atoms with van der Waals surface area (Å²) in [6.45, 7) is 14.5. The molecule has 1 aromatic rings. The summed E-state index contributed by atoms with van der Waals surface area (Å²) in [5.41, 5.74) is 0.609. The minimum Gasteiger partial charge on any atom is -0.462 e. The third-order valence-corrected chi connectivity index (χ3v) is 5.89. The van der Waals surface area contributed by atoms with Gasteiger partial charge in [-0.25, -0.2) is 14.4 Å². The van der Waals surface area contributed by atoms with Gasteiger partial charge in [0.2, 0.25) is 0 Å². The van der Waals surface area contributed by atoms with Gasteiger partial charge >= 0.3 is 19.2 Å². The van der Waals surface area contributed by atoms with Crippen molar-refractivity contribution >= 4 is 19.2 Å². The number of carbonyl (C=O) groups excluding carboxylic acids is 2. The molecule has 0 aromatic heterocycles. The maximum absolute atomic E-state index is 13.6. The highest BCUT2D eigenvalue weighted by molar-refractivity contribution is 7.74. The molecule has 0 aliphatic heterocycles. The van der Waals surface area contributed by atoms with Crippen molar-refractivity contribution in [2.24, 2.45) is 0 Å². The number of hydrogen-bond donors (Lipinski definition) is 1. The third-order valence-electron chi connectivity index (χ3n) is 4.12. The quantitative estimate of drug-likeness (QED) is 0.384. The molecule has 0 aliphatic carbocycles. The fourth-order valence-electron chi connectivity index (χ4n) is 2.68. The van der Waals surface area contributed by atoms with E-state index in [2.05, 4.69) is 5.09 Å². The highest BCUT2D eigenvalue weighted by atomic mass is 31.2. The van der Waals surface area contributed by atoms with Gasteiger partial charge in [0.1, 0.15) is 11.8 Å². The van der Waals surface area contributed by atoms with Crippen molar-refractivity contribution in [1.29, 1.82) is 0 Å². The Kier molecular flexibility index (Phi) is 9.37. The molecule has 0 radical (unpaired) electrons. The third kappa shape index (κ3) is 6.86. The molecule has 0 heterocycles. The van der Waals surface area contributed by atoms with Gasteiger partial charge in [0.05, 0.1) is 12.7 Å². The molecular formula is C21H34NO6P. The zero-order valence-electron chi connectivity index (χ0n) is 18.6. The van der Waals surface area contributed by atoms with Crippen molar-refractivity contribution in [3.8, 4) is 5.75 Å². The van der Waals surface area contributed by atoms with Crippen molar-refractivity contribution in [1.82, 2.24) is 5.09 Å². The summed E-state index contributed by atoms with van der Waals surface area (Å²) in [5, 5.41) is 2.55. The fraction of sp³-hybridized carbons (Fsp3) is 0.619. The molecule has 2 atom stereocenters. The largest absolute Gasteiger partial charge is 0.462 e. The predicted octanol–water partition coefficient (Wildman–Crippen LogP) is 5.59. The molecule has 0 saturated carbocycles. The van der Waals surface area contributed by atoms with E-state index in [0.717, 1.165) is 11.1 Å². The predicted molar refractivity (Wildman–Crippen MR) is 114 cm³/mol. The van der Waals surface area contributed by atoms with E-state index in [9.17, 15) is 14.2 Å². The number of carbonyl (C=O) groups is 2. The molecule has 0 saturated heterocycles. The van der Waals surface area contributed by atoms with Crippen LogP contribution in [0, 0.1) is 0 Å². The minimum atomic E-state index is -4.25. The van der Waals surface area contributed by atoms with Crippen LogP contribution >= 0.6 is 7.52 Å². The van der Waals surface area contributed by atoms with E-state index in [1.165, 1.54) is 6.92 Å². The summed E-state index contributed by atoms with van der Waals surface area (Å²) in [7, 11) is -4.25. The van der Waals surface area contributed by atoms with E-state index in [-0.39, 0.29) is 24.5 Å². The summed E-state index contributed by atoms with van der Waals surface area (Å²) < 4.78 is 29.6. The van der Waals surface area contributed by atoms with Gasteiger partial charge in [0.15, 0.2) is 0 Å². The highest BCUT2D eigenvalue weighted by Gasteiger charge is 2.41. The van der Waals surface area contributed by atoms with E-state index in [4.69, 9.17) is 14.0 Å². The average Bonchev–Trinajstić information content (AvgIpc) is 2.60. The monoisotopic (exact) mass is 427 g/mol. The van der Waals surface area contributed by atoms with Crippen LogP contribution in [-0.4, -0.2) is 30.4 Å². The van der Waals surface area contributed by atoms with Crippen molar-refractivity contribution in [2.45, 2.75) is 79.4 Å². The van der Waals surface area contributed by atoms with E-state index in [1.54, 1.807) is 20.8 Å². The smallest absolute Gasteiger partial charge is 0.424 e. The second-order valence-electron chi connectivity index (χ2n) is 7.75. The van der Waals surface area contributed by atoms with Crippen LogP contribution in [0.15, 0.2) is 18.2 Å². The number of para-hydroxylation sites is 1. The lowest BCUT2D eigenvalue weighted by Gasteiger charge is -2.26. The average molecular weight is 427 g/mol. The number of nitrogens with one attached hydrogen (secondary N) is 1. The van der Waals surface area contributed by atoms with Crippen molar-refractivity contribution < 1.29 is 28.2 Å². The summed E-state index contributed by atoms with van der Waals surface area (Å²) in [6, 6.07) is 4.62. The van der Waals surface area contributed by atoms with Crippen LogP contribution in [0.3, 0.4) is 0 Å². The molecule has 0 aliphatic rings. The maximum Gasteiger partial charge on any atom is 0.424 e. The van der Waals surface area contributed by atoms with Crippen molar-refractivity contribution in [3.05, 3.63) is 29.3 Å². The van der Waals surface area contributed by atoms with Gasteiger partial charge in [0, 0.05) is 0 Å². The van der Waals surface area contributed by atoms with E-state index in [0.29, 0.717) is 5.75 Å². The Morgan fingerprint density at radius 2 is 1.52 bits per heavy atom. The first kappa shape index (κ1) is 25.2. The molecule has 7 nitrogen and oxygen atoms in total. The maximum atomic E-state index is 13.6. The van der Waals surface area contributed by atoms with Crippen molar-refractivity contribution in [3.63, 3.8) is 0 Å². The Bertz CT molecular complexity index is 733. The van der Waals surface area contributed by atoms with Crippen LogP contribution in [0.4, 0.5) is 4.79 Å². The first-order chi connectivity index (χ1) is 13.4. The number of ether oxygens (including phenoxy) is 2. The molecule has 0 unspecified atom stereocenters. The topological polar surface area (TPSA) is 90.9 Å². The van der Waals surface area contributed by atoms with Crippen LogP contribution in [0.2, 0.25) is 0 Å². The first-order valence-electron chi connectivity index (χ1n) is 10.0. The summed E-state index contributed by atoms with van der Waals surface area (Å²) >= 11 is 0. The Morgan fingerprint density at radius 3 is 1.93 bits per heavy atom. The van der Waals surface area contributed by atoms with Crippen LogP contribution in [0.1, 0.15) is 78.4 Å². The van der Waals surface area contributed by atoms with E-state index < -0.39 is 25.2 Å². The van der Waals surface area contributed by atoms with Gasteiger partial charge in [0.25, 0.3) is 0 Å². The molecule has 0 bridgehead atoms. The number of benzene rings is 1. The van der Waals surface area contributed by atoms with E-state index >= 15 is 0 Å². The summed E-state index contributed by atoms with van der Waals surface area (Å²) in [5.74, 6) is -0.106. The number of rotatable bonds is 10. The second kappa shape index (κ2) is 10.8. The second-order valence-corrected chi connectivity index (χ2v) is 9.66. The van der Waals surface area contributed by atoms with Gasteiger partial charge in [-0.1, -0.05) is 45.9 Å². The molecule has 0 spiro atoms. The summed E-state index contributed by atoms with van der Waals surface area (Å²) in [6.07, 6.45) is -0.344.